The third kappa shape index (κ3) is 3.86. The number of aryl methyl sites for hydroxylation is 1. The summed E-state index contributed by atoms with van der Waals surface area (Å²) in [5.41, 5.74) is 6.35. The van der Waals surface area contributed by atoms with Crippen LogP contribution < -0.4 is 0 Å². The smallest absolute Gasteiger partial charge is 0.0491 e. The highest BCUT2D eigenvalue weighted by molar-refractivity contribution is 6.08. The Morgan fingerprint density at radius 3 is 1.79 bits per heavy atom. The van der Waals surface area contributed by atoms with Crippen molar-refractivity contribution in [3.05, 3.63) is 115 Å². The number of nitrogens with zero attached hydrogens (tertiary/aromatic N) is 1. The molecule has 1 heterocycles. The molecule has 0 saturated carbocycles. The molecule has 29 heavy (non-hydrogen) atoms. The van der Waals surface area contributed by atoms with Crippen LogP contribution in [-0.4, -0.2) is 4.57 Å². The minimum Gasteiger partial charge on any atom is -0.341 e. The molecule has 0 fully saturated rings. The standard InChI is InChI=1S/C16H15N.C12H10/c1-3-12-9-10-16-14(11-12)13-7-5-6-8-15(13)17(16)4-2;1-3-7-11(8-4-1)12-9-5-2-6-10-12/h3,5-11H,1,4H2,2H3;1-10H. The van der Waals surface area contributed by atoms with Crippen LogP contribution in [0, 0.1) is 0 Å². The van der Waals surface area contributed by atoms with E-state index in [1.807, 2.05) is 18.2 Å². The van der Waals surface area contributed by atoms with Crippen LogP contribution in [0.4, 0.5) is 0 Å². The fourth-order valence-corrected chi connectivity index (χ4v) is 3.80. The molecule has 0 amide bonds. The fourth-order valence-electron chi connectivity index (χ4n) is 3.80. The molecule has 0 spiro atoms. The molecule has 0 atom stereocenters. The maximum Gasteiger partial charge on any atom is 0.0491 e. The van der Waals surface area contributed by atoms with E-state index >= 15 is 0 Å². The van der Waals surface area contributed by atoms with Crippen molar-refractivity contribution in [1.82, 2.24) is 4.57 Å². The zero-order valence-electron chi connectivity index (χ0n) is 16.8. The predicted octanol–water partition coefficient (Wildman–Crippen LogP) is 7.81. The van der Waals surface area contributed by atoms with E-state index in [0.717, 1.165) is 6.54 Å². The minimum atomic E-state index is 0.997. The summed E-state index contributed by atoms with van der Waals surface area (Å²) >= 11 is 0. The van der Waals surface area contributed by atoms with Crippen LogP contribution in [0.3, 0.4) is 0 Å². The van der Waals surface area contributed by atoms with Crippen LogP contribution >= 0.6 is 0 Å². The number of aromatic nitrogens is 1. The summed E-state index contributed by atoms with van der Waals surface area (Å²) in [5.74, 6) is 0. The van der Waals surface area contributed by atoms with E-state index in [9.17, 15) is 0 Å². The molecule has 1 aromatic heterocycles. The largest absolute Gasteiger partial charge is 0.341 e. The number of hydrogen-bond acceptors (Lipinski definition) is 0. The number of fused-ring (bicyclic) bond motifs is 3. The van der Waals surface area contributed by atoms with Crippen molar-refractivity contribution in [1.29, 1.82) is 0 Å². The van der Waals surface area contributed by atoms with Gasteiger partial charge in [-0.3, -0.25) is 0 Å². The van der Waals surface area contributed by atoms with E-state index in [2.05, 4.69) is 109 Å². The number of hydrogen-bond donors (Lipinski definition) is 0. The summed E-state index contributed by atoms with van der Waals surface area (Å²) < 4.78 is 2.36. The lowest BCUT2D eigenvalue weighted by molar-refractivity contribution is 0.827. The van der Waals surface area contributed by atoms with E-state index in [4.69, 9.17) is 0 Å². The van der Waals surface area contributed by atoms with Crippen LogP contribution in [0.25, 0.3) is 39.0 Å². The van der Waals surface area contributed by atoms with E-state index in [1.54, 1.807) is 0 Å². The molecule has 0 aliphatic carbocycles. The SMILES string of the molecule is C=Cc1ccc2c(c1)c1ccccc1n2CC.c1ccc(-c2ccccc2)cc1. The van der Waals surface area contributed by atoms with Crippen molar-refractivity contribution in [3.63, 3.8) is 0 Å². The van der Waals surface area contributed by atoms with Crippen molar-refractivity contribution in [2.75, 3.05) is 0 Å². The van der Waals surface area contributed by atoms with Crippen LogP contribution in [-0.2, 0) is 6.54 Å². The summed E-state index contributed by atoms with van der Waals surface area (Å²) in [7, 11) is 0. The summed E-state index contributed by atoms with van der Waals surface area (Å²) in [5, 5.41) is 2.65. The van der Waals surface area contributed by atoms with Gasteiger partial charge in [-0.15, -0.1) is 0 Å². The van der Waals surface area contributed by atoms with Crippen molar-refractivity contribution < 1.29 is 0 Å². The zero-order valence-corrected chi connectivity index (χ0v) is 16.8. The lowest BCUT2D eigenvalue weighted by Gasteiger charge is -2.02. The Hall–Kier alpha value is -3.58. The van der Waals surface area contributed by atoms with Crippen LogP contribution in [0.5, 0.6) is 0 Å². The Balaban J connectivity index is 0.000000150. The summed E-state index contributed by atoms with van der Waals surface area (Å²) in [6.07, 6.45) is 1.90. The fraction of sp³-hybridized carbons (Fsp3) is 0.0714. The lowest BCUT2D eigenvalue weighted by Crippen LogP contribution is -1.92. The average Bonchev–Trinajstić information content (AvgIpc) is 3.13. The normalized spacial score (nSPS) is 10.5. The highest BCUT2D eigenvalue weighted by Gasteiger charge is 2.08. The van der Waals surface area contributed by atoms with Crippen LogP contribution in [0.1, 0.15) is 12.5 Å². The Morgan fingerprint density at radius 1 is 0.655 bits per heavy atom. The molecule has 4 aromatic carbocycles. The average molecular weight is 376 g/mol. The van der Waals surface area contributed by atoms with Crippen molar-refractivity contribution in [3.8, 4) is 11.1 Å². The monoisotopic (exact) mass is 375 g/mol. The van der Waals surface area contributed by atoms with Gasteiger partial charge in [0.05, 0.1) is 0 Å². The number of benzene rings is 4. The molecular weight excluding hydrogens is 350 g/mol. The second-order valence-electron chi connectivity index (χ2n) is 6.97. The molecule has 5 aromatic rings. The zero-order chi connectivity index (χ0) is 20.1. The molecule has 0 bridgehead atoms. The molecule has 0 saturated heterocycles. The predicted molar refractivity (Wildman–Crippen MR) is 127 cm³/mol. The van der Waals surface area contributed by atoms with E-state index in [-0.39, 0.29) is 0 Å². The first-order valence-corrected chi connectivity index (χ1v) is 10.1. The first-order chi connectivity index (χ1) is 14.3. The van der Waals surface area contributed by atoms with Crippen molar-refractivity contribution >= 4 is 27.9 Å². The van der Waals surface area contributed by atoms with Gasteiger partial charge < -0.3 is 4.57 Å². The number of rotatable bonds is 3. The molecule has 0 aliphatic heterocycles. The maximum absolute atomic E-state index is 3.84. The molecule has 0 aliphatic rings. The highest BCUT2D eigenvalue weighted by Crippen LogP contribution is 2.29. The maximum atomic E-state index is 3.84. The third-order valence-corrected chi connectivity index (χ3v) is 5.23. The lowest BCUT2D eigenvalue weighted by atomic mass is 10.1. The number of para-hydroxylation sites is 1. The van der Waals surface area contributed by atoms with Gasteiger partial charge in [-0.2, -0.15) is 0 Å². The van der Waals surface area contributed by atoms with Gasteiger partial charge in [-0.05, 0) is 41.8 Å². The van der Waals surface area contributed by atoms with E-state index in [0.29, 0.717) is 0 Å². The summed E-state index contributed by atoms with van der Waals surface area (Å²) in [4.78, 5) is 0. The molecule has 5 rings (SSSR count). The molecule has 0 N–H and O–H groups in total. The molecule has 1 nitrogen and oxygen atoms in total. The van der Waals surface area contributed by atoms with E-state index in [1.165, 1.54) is 38.5 Å². The Morgan fingerprint density at radius 2 is 1.21 bits per heavy atom. The van der Waals surface area contributed by atoms with Gasteiger partial charge in [-0.25, -0.2) is 0 Å². The quantitative estimate of drug-likeness (QED) is 0.303. The molecule has 0 radical (unpaired) electrons. The minimum absolute atomic E-state index is 0.997. The van der Waals surface area contributed by atoms with Gasteiger partial charge >= 0.3 is 0 Å². The van der Waals surface area contributed by atoms with Gasteiger partial charge in [0.1, 0.15) is 0 Å². The summed E-state index contributed by atoms with van der Waals surface area (Å²) in [6.45, 7) is 7.02. The van der Waals surface area contributed by atoms with Crippen molar-refractivity contribution in [2.24, 2.45) is 0 Å². The Bertz CT molecular complexity index is 1190. The second kappa shape index (κ2) is 8.62. The van der Waals surface area contributed by atoms with Crippen LogP contribution in [0.2, 0.25) is 0 Å². The molecule has 1 heteroatoms. The second-order valence-corrected chi connectivity index (χ2v) is 6.97. The van der Waals surface area contributed by atoms with Crippen molar-refractivity contribution in [2.45, 2.75) is 13.5 Å². The topological polar surface area (TPSA) is 4.93 Å². The first kappa shape index (κ1) is 18.8. The van der Waals surface area contributed by atoms with Gasteiger partial charge in [0.2, 0.25) is 0 Å². The molecule has 0 unspecified atom stereocenters. The third-order valence-electron chi connectivity index (χ3n) is 5.23. The van der Waals surface area contributed by atoms with E-state index < -0.39 is 0 Å². The highest BCUT2D eigenvalue weighted by atomic mass is 15.0. The van der Waals surface area contributed by atoms with Gasteiger partial charge in [0.15, 0.2) is 0 Å². The van der Waals surface area contributed by atoms with Gasteiger partial charge in [0.25, 0.3) is 0 Å². The summed E-state index contributed by atoms with van der Waals surface area (Å²) in [6, 6.07) is 35.9. The Labute approximate surface area is 172 Å². The van der Waals surface area contributed by atoms with Gasteiger partial charge in [-0.1, -0.05) is 97.6 Å². The Kier molecular flexibility index (Phi) is 5.58. The molecule has 142 valence electrons. The molecular formula is C28H25N. The van der Waals surface area contributed by atoms with Crippen LogP contribution in [0.15, 0.2) is 110 Å². The first-order valence-electron chi connectivity index (χ1n) is 10.1. The van der Waals surface area contributed by atoms with Gasteiger partial charge in [0, 0.05) is 28.4 Å².